The molecule has 0 amide bonds. The molecule has 0 saturated carbocycles. The third kappa shape index (κ3) is 12.4. The Kier molecular flexibility index (Phi) is 13.7. The molecule has 5 nitrogen and oxygen atoms in total. The molecule has 0 spiro atoms. The SMILES string of the molecule is CCC(=O)C(CCCCC(O)CCC(=O)CCCOC)CC(C)=O. The van der Waals surface area contributed by atoms with E-state index in [1.54, 1.807) is 7.11 Å². The molecule has 2 unspecified atom stereocenters. The molecule has 2 atom stereocenters. The molecule has 0 aromatic rings. The number of aliphatic hydroxyl groups excluding tert-OH is 1. The Morgan fingerprint density at radius 3 is 2.25 bits per heavy atom. The van der Waals surface area contributed by atoms with Gasteiger partial charge in [0.05, 0.1) is 6.10 Å². The fraction of sp³-hybridized carbons (Fsp3) is 0.842. The molecular formula is C19H34O5. The lowest BCUT2D eigenvalue weighted by molar-refractivity contribution is -0.127. The summed E-state index contributed by atoms with van der Waals surface area (Å²) in [5, 5.41) is 9.94. The highest BCUT2D eigenvalue weighted by Crippen LogP contribution is 2.18. The molecule has 0 aliphatic carbocycles. The summed E-state index contributed by atoms with van der Waals surface area (Å²) < 4.78 is 4.90. The van der Waals surface area contributed by atoms with Crippen LogP contribution in [0.2, 0.25) is 0 Å². The smallest absolute Gasteiger partial charge is 0.136 e. The standard InChI is InChI=1S/C19H34O5/c1-4-19(23)16(14-15(2)20)8-5-6-9-17(21)11-12-18(22)10-7-13-24-3/h16-17,21H,4-14H2,1-3H3. The first-order chi connectivity index (χ1) is 11.4. The van der Waals surface area contributed by atoms with Crippen LogP contribution in [0.4, 0.5) is 0 Å². The lowest BCUT2D eigenvalue weighted by Gasteiger charge is -2.14. The van der Waals surface area contributed by atoms with Gasteiger partial charge in [-0.2, -0.15) is 0 Å². The third-order valence-corrected chi connectivity index (χ3v) is 4.24. The molecule has 5 heteroatoms. The zero-order valence-electron chi connectivity index (χ0n) is 15.5. The Balaban J connectivity index is 3.86. The van der Waals surface area contributed by atoms with Crippen LogP contribution < -0.4 is 0 Å². The zero-order valence-corrected chi connectivity index (χ0v) is 15.5. The van der Waals surface area contributed by atoms with Gasteiger partial charge in [0.2, 0.25) is 0 Å². The van der Waals surface area contributed by atoms with Gasteiger partial charge in [-0.05, 0) is 32.6 Å². The quantitative estimate of drug-likeness (QED) is 0.435. The number of carbonyl (C=O) groups excluding carboxylic acids is 3. The first kappa shape index (κ1) is 22.9. The van der Waals surface area contributed by atoms with Crippen molar-refractivity contribution in [2.24, 2.45) is 5.92 Å². The fourth-order valence-electron chi connectivity index (χ4n) is 2.79. The Bertz CT molecular complexity index is 378. The predicted molar refractivity (Wildman–Crippen MR) is 93.9 cm³/mol. The summed E-state index contributed by atoms with van der Waals surface area (Å²) >= 11 is 0. The summed E-state index contributed by atoms with van der Waals surface area (Å²) in [5.74, 6) is 0.189. The van der Waals surface area contributed by atoms with E-state index >= 15 is 0 Å². The zero-order chi connectivity index (χ0) is 18.4. The van der Waals surface area contributed by atoms with E-state index in [9.17, 15) is 19.5 Å². The summed E-state index contributed by atoms with van der Waals surface area (Å²) in [4.78, 5) is 34.7. The van der Waals surface area contributed by atoms with E-state index < -0.39 is 6.10 Å². The molecule has 0 aliphatic rings. The lowest BCUT2D eigenvalue weighted by Crippen LogP contribution is -2.17. The number of unbranched alkanes of at least 4 members (excludes halogenated alkanes) is 1. The second kappa shape index (κ2) is 14.3. The van der Waals surface area contributed by atoms with Crippen molar-refractivity contribution in [1.29, 1.82) is 0 Å². The highest BCUT2D eigenvalue weighted by atomic mass is 16.5. The number of ether oxygens (including phenoxy) is 1. The van der Waals surface area contributed by atoms with E-state index in [2.05, 4.69) is 0 Å². The van der Waals surface area contributed by atoms with Crippen LogP contribution in [0.25, 0.3) is 0 Å². The number of carbonyl (C=O) groups is 3. The largest absolute Gasteiger partial charge is 0.393 e. The van der Waals surface area contributed by atoms with E-state index in [4.69, 9.17) is 4.74 Å². The Hall–Kier alpha value is -1.07. The molecule has 0 aromatic carbocycles. The van der Waals surface area contributed by atoms with Crippen LogP contribution >= 0.6 is 0 Å². The lowest BCUT2D eigenvalue weighted by atomic mass is 9.90. The van der Waals surface area contributed by atoms with E-state index in [0.29, 0.717) is 51.6 Å². The summed E-state index contributed by atoms with van der Waals surface area (Å²) in [6, 6.07) is 0. The van der Waals surface area contributed by atoms with Gasteiger partial charge in [-0.15, -0.1) is 0 Å². The highest BCUT2D eigenvalue weighted by molar-refractivity contribution is 5.86. The molecule has 0 aliphatic heterocycles. The maximum atomic E-state index is 11.8. The van der Waals surface area contributed by atoms with E-state index in [0.717, 1.165) is 19.3 Å². The highest BCUT2D eigenvalue weighted by Gasteiger charge is 2.18. The first-order valence-corrected chi connectivity index (χ1v) is 9.11. The van der Waals surface area contributed by atoms with Gasteiger partial charge in [-0.25, -0.2) is 0 Å². The minimum absolute atomic E-state index is 0.0498. The molecule has 0 aromatic heterocycles. The van der Waals surface area contributed by atoms with Crippen molar-refractivity contribution in [3.63, 3.8) is 0 Å². The van der Waals surface area contributed by atoms with E-state index in [1.807, 2.05) is 6.92 Å². The van der Waals surface area contributed by atoms with Crippen LogP contribution in [0, 0.1) is 5.92 Å². The van der Waals surface area contributed by atoms with Crippen LogP contribution in [0.3, 0.4) is 0 Å². The Morgan fingerprint density at radius 1 is 1.00 bits per heavy atom. The second-order valence-corrected chi connectivity index (χ2v) is 6.53. The molecule has 0 heterocycles. The minimum Gasteiger partial charge on any atom is -0.393 e. The van der Waals surface area contributed by atoms with Gasteiger partial charge in [0.1, 0.15) is 17.3 Å². The molecule has 0 radical (unpaired) electrons. The van der Waals surface area contributed by atoms with Gasteiger partial charge in [-0.3, -0.25) is 9.59 Å². The normalized spacial score (nSPS) is 13.5. The summed E-state index contributed by atoms with van der Waals surface area (Å²) in [5.41, 5.74) is 0. The first-order valence-electron chi connectivity index (χ1n) is 9.11. The summed E-state index contributed by atoms with van der Waals surface area (Å²) in [7, 11) is 1.61. The predicted octanol–water partition coefficient (Wildman–Crippen LogP) is 3.26. The Labute approximate surface area is 146 Å². The van der Waals surface area contributed by atoms with Gasteiger partial charge in [-0.1, -0.05) is 19.8 Å². The van der Waals surface area contributed by atoms with Crippen LogP contribution in [0.5, 0.6) is 0 Å². The van der Waals surface area contributed by atoms with Gasteiger partial charge in [0, 0.05) is 45.3 Å². The molecule has 1 N–H and O–H groups in total. The van der Waals surface area contributed by atoms with Crippen molar-refractivity contribution in [3.8, 4) is 0 Å². The van der Waals surface area contributed by atoms with Gasteiger partial charge in [0.15, 0.2) is 0 Å². The molecule has 140 valence electrons. The fourth-order valence-corrected chi connectivity index (χ4v) is 2.79. The number of methoxy groups -OCH3 is 1. The van der Waals surface area contributed by atoms with Crippen molar-refractivity contribution in [2.45, 2.75) is 84.2 Å². The second-order valence-electron chi connectivity index (χ2n) is 6.53. The van der Waals surface area contributed by atoms with Crippen LogP contribution in [-0.4, -0.2) is 42.3 Å². The number of aliphatic hydroxyl groups is 1. The third-order valence-electron chi connectivity index (χ3n) is 4.24. The molecule has 24 heavy (non-hydrogen) atoms. The van der Waals surface area contributed by atoms with E-state index in [-0.39, 0.29) is 23.3 Å². The monoisotopic (exact) mass is 342 g/mol. The van der Waals surface area contributed by atoms with Crippen molar-refractivity contribution in [1.82, 2.24) is 0 Å². The number of ketones is 3. The minimum atomic E-state index is -0.468. The number of hydrogen-bond acceptors (Lipinski definition) is 5. The summed E-state index contributed by atoms with van der Waals surface area (Å²) in [6.07, 6.45) is 5.44. The number of Topliss-reactive ketones (excluding diaryl/α,β-unsaturated/α-hetero) is 3. The van der Waals surface area contributed by atoms with Crippen molar-refractivity contribution in [3.05, 3.63) is 0 Å². The molecule has 0 rings (SSSR count). The molecule has 0 saturated heterocycles. The van der Waals surface area contributed by atoms with Crippen molar-refractivity contribution in [2.75, 3.05) is 13.7 Å². The number of rotatable bonds is 16. The molecular weight excluding hydrogens is 308 g/mol. The Morgan fingerprint density at radius 2 is 1.67 bits per heavy atom. The maximum absolute atomic E-state index is 11.8. The van der Waals surface area contributed by atoms with Gasteiger partial charge < -0.3 is 14.6 Å². The van der Waals surface area contributed by atoms with E-state index in [1.165, 1.54) is 6.92 Å². The molecule has 0 fully saturated rings. The average molecular weight is 342 g/mol. The van der Waals surface area contributed by atoms with Crippen molar-refractivity contribution < 1.29 is 24.2 Å². The average Bonchev–Trinajstić information content (AvgIpc) is 2.54. The topological polar surface area (TPSA) is 80.7 Å². The van der Waals surface area contributed by atoms with Crippen LogP contribution in [0.15, 0.2) is 0 Å². The van der Waals surface area contributed by atoms with Gasteiger partial charge >= 0.3 is 0 Å². The summed E-state index contributed by atoms with van der Waals surface area (Å²) in [6.45, 7) is 3.93. The van der Waals surface area contributed by atoms with Crippen LogP contribution in [0.1, 0.15) is 78.1 Å². The van der Waals surface area contributed by atoms with Crippen LogP contribution in [-0.2, 0) is 19.1 Å². The van der Waals surface area contributed by atoms with Gasteiger partial charge in [0.25, 0.3) is 0 Å². The molecule has 0 bridgehead atoms. The maximum Gasteiger partial charge on any atom is 0.136 e. The number of hydrogen-bond donors (Lipinski definition) is 1. The van der Waals surface area contributed by atoms with Crippen molar-refractivity contribution >= 4 is 17.3 Å².